The third-order valence-corrected chi connectivity index (χ3v) is 5.22. The molecular formula is C24H21NO4. The standard InChI is InChI=1S/C24H21NO4/c1-2-3-14-25(15-8-5-4-6-9-15)17-11-7-10-16-20(17)24(29)22-19(27)13-12-18(26)21(22)23(16)28/h4-13,26-27H,2-3,14H2,1H3. The SMILES string of the molecule is CCCCN(c1ccccc1)c1cccc2c1C(=O)c1c(O)ccc(O)c1C2=O. The Labute approximate surface area is 168 Å². The normalized spacial score (nSPS) is 12.4. The second kappa shape index (κ2) is 7.43. The number of hydrogen-bond donors (Lipinski definition) is 2. The fourth-order valence-electron chi connectivity index (χ4n) is 3.81. The maximum Gasteiger partial charge on any atom is 0.200 e. The van der Waals surface area contributed by atoms with E-state index in [1.54, 1.807) is 12.1 Å². The maximum atomic E-state index is 13.4. The van der Waals surface area contributed by atoms with Gasteiger partial charge < -0.3 is 15.1 Å². The van der Waals surface area contributed by atoms with E-state index in [-0.39, 0.29) is 33.8 Å². The molecule has 0 spiro atoms. The lowest BCUT2D eigenvalue weighted by atomic mass is 9.82. The molecule has 0 saturated carbocycles. The van der Waals surface area contributed by atoms with Gasteiger partial charge in [0.15, 0.2) is 11.6 Å². The Morgan fingerprint density at radius 2 is 1.41 bits per heavy atom. The van der Waals surface area contributed by atoms with Gasteiger partial charge in [-0.15, -0.1) is 0 Å². The minimum Gasteiger partial charge on any atom is -0.507 e. The van der Waals surface area contributed by atoms with Crippen molar-refractivity contribution in [2.45, 2.75) is 19.8 Å². The Balaban J connectivity index is 1.94. The van der Waals surface area contributed by atoms with Crippen molar-refractivity contribution in [1.82, 2.24) is 0 Å². The topological polar surface area (TPSA) is 77.8 Å². The van der Waals surface area contributed by atoms with Crippen LogP contribution in [0.1, 0.15) is 51.6 Å². The fourth-order valence-corrected chi connectivity index (χ4v) is 3.81. The summed E-state index contributed by atoms with van der Waals surface area (Å²) in [6.45, 7) is 2.77. The van der Waals surface area contributed by atoms with Gasteiger partial charge in [0.05, 0.1) is 22.4 Å². The van der Waals surface area contributed by atoms with Crippen LogP contribution >= 0.6 is 0 Å². The van der Waals surface area contributed by atoms with Crippen LogP contribution in [0.5, 0.6) is 11.5 Å². The minimum atomic E-state index is -0.464. The molecule has 3 aromatic rings. The highest BCUT2D eigenvalue weighted by Crippen LogP contribution is 2.41. The Hall–Kier alpha value is -3.60. The van der Waals surface area contributed by atoms with Gasteiger partial charge in [-0.2, -0.15) is 0 Å². The average molecular weight is 387 g/mol. The van der Waals surface area contributed by atoms with E-state index in [0.29, 0.717) is 12.2 Å². The first-order valence-electron chi connectivity index (χ1n) is 9.64. The summed E-state index contributed by atoms with van der Waals surface area (Å²) in [4.78, 5) is 28.5. The second-order valence-corrected chi connectivity index (χ2v) is 7.05. The van der Waals surface area contributed by atoms with Crippen molar-refractivity contribution >= 4 is 22.9 Å². The van der Waals surface area contributed by atoms with Gasteiger partial charge >= 0.3 is 0 Å². The zero-order chi connectivity index (χ0) is 20.5. The van der Waals surface area contributed by atoms with Gasteiger partial charge in [0.1, 0.15) is 11.5 Å². The monoisotopic (exact) mass is 387 g/mol. The molecule has 146 valence electrons. The van der Waals surface area contributed by atoms with Gasteiger partial charge in [-0.05, 0) is 36.8 Å². The number of fused-ring (bicyclic) bond motifs is 2. The zero-order valence-corrected chi connectivity index (χ0v) is 16.1. The Morgan fingerprint density at radius 1 is 0.759 bits per heavy atom. The van der Waals surface area contributed by atoms with Crippen molar-refractivity contribution in [1.29, 1.82) is 0 Å². The van der Waals surface area contributed by atoms with E-state index in [9.17, 15) is 19.8 Å². The molecule has 29 heavy (non-hydrogen) atoms. The molecule has 0 aromatic heterocycles. The summed E-state index contributed by atoms with van der Waals surface area (Å²) in [5.74, 6) is -1.54. The summed E-state index contributed by atoms with van der Waals surface area (Å²) < 4.78 is 0. The van der Waals surface area contributed by atoms with Crippen molar-refractivity contribution in [3.8, 4) is 11.5 Å². The van der Waals surface area contributed by atoms with E-state index in [1.165, 1.54) is 12.1 Å². The smallest absolute Gasteiger partial charge is 0.200 e. The number of phenolic OH excluding ortho intramolecular Hbond substituents is 2. The number of carbonyl (C=O) groups is 2. The van der Waals surface area contributed by atoms with Crippen molar-refractivity contribution in [3.63, 3.8) is 0 Å². The molecule has 0 atom stereocenters. The first-order valence-corrected chi connectivity index (χ1v) is 9.64. The number of ketones is 2. The summed E-state index contributed by atoms with van der Waals surface area (Å²) >= 11 is 0. The molecule has 3 aromatic carbocycles. The van der Waals surface area contributed by atoms with Crippen LogP contribution in [-0.2, 0) is 0 Å². The summed E-state index contributed by atoms with van der Waals surface area (Å²) in [5, 5.41) is 20.5. The van der Waals surface area contributed by atoms with E-state index < -0.39 is 11.6 Å². The first kappa shape index (κ1) is 18.7. The molecule has 5 heteroatoms. The van der Waals surface area contributed by atoms with Gasteiger partial charge in [0.25, 0.3) is 0 Å². The highest BCUT2D eigenvalue weighted by molar-refractivity contribution is 6.32. The van der Waals surface area contributed by atoms with Crippen LogP contribution in [0.25, 0.3) is 0 Å². The van der Waals surface area contributed by atoms with Crippen LogP contribution in [0.4, 0.5) is 11.4 Å². The maximum absolute atomic E-state index is 13.4. The van der Waals surface area contributed by atoms with Crippen LogP contribution in [-0.4, -0.2) is 28.3 Å². The quantitative estimate of drug-likeness (QED) is 0.481. The highest BCUT2D eigenvalue weighted by atomic mass is 16.3. The molecule has 0 saturated heterocycles. The number of anilines is 2. The van der Waals surface area contributed by atoms with Gasteiger partial charge in [-0.3, -0.25) is 9.59 Å². The molecule has 4 rings (SSSR count). The summed E-state index contributed by atoms with van der Waals surface area (Å²) in [6.07, 6.45) is 1.88. The number of unbranched alkanes of at least 4 members (excludes halogenated alkanes) is 1. The van der Waals surface area contributed by atoms with E-state index in [0.717, 1.165) is 18.5 Å². The molecule has 0 fully saturated rings. The van der Waals surface area contributed by atoms with Gasteiger partial charge in [-0.25, -0.2) is 0 Å². The lowest BCUT2D eigenvalue weighted by Crippen LogP contribution is -2.27. The molecule has 0 unspecified atom stereocenters. The van der Waals surface area contributed by atoms with Crippen molar-refractivity contribution in [3.05, 3.63) is 82.9 Å². The van der Waals surface area contributed by atoms with E-state index in [1.807, 2.05) is 41.3 Å². The largest absolute Gasteiger partial charge is 0.507 e. The van der Waals surface area contributed by atoms with Gasteiger partial charge in [0, 0.05) is 17.8 Å². The van der Waals surface area contributed by atoms with Crippen molar-refractivity contribution < 1.29 is 19.8 Å². The van der Waals surface area contributed by atoms with Gasteiger partial charge in [0.2, 0.25) is 0 Å². The number of aromatic hydroxyl groups is 2. The molecule has 1 aliphatic rings. The predicted molar refractivity (Wildman–Crippen MR) is 111 cm³/mol. The number of benzene rings is 3. The minimum absolute atomic E-state index is 0.139. The Bertz CT molecular complexity index is 1110. The summed E-state index contributed by atoms with van der Waals surface area (Å²) in [5.41, 5.74) is 1.75. The van der Waals surface area contributed by atoms with Crippen LogP contribution < -0.4 is 4.90 Å². The van der Waals surface area contributed by atoms with Crippen LogP contribution in [0.2, 0.25) is 0 Å². The van der Waals surface area contributed by atoms with Crippen LogP contribution in [0.3, 0.4) is 0 Å². The van der Waals surface area contributed by atoms with E-state index in [4.69, 9.17) is 0 Å². The average Bonchev–Trinajstić information content (AvgIpc) is 2.74. The molecule has 2 N–H and O–H groups in total. The zero-order valence-electron chi connectivity index (χ0n) is 16.1. The third kappa shape index (κ3) is 3.05. The molecule has 0 amide bonds. The Kier molecular flexibility index (Phi) is 4.80. The number of phenols is 2. The lowest BCUT2D eigenvalue weighted by Gasteiger charge is -2.29. The molecule has 0 bridgehead atoms. The summed E-state index contributed by atoms with van der Waals surface area (Å²) in [7, 11) is 0. The highest BCUT2D eigenvalue weighted by Gasteiger charge is 2.36. The molecule has 5 nitrogen and oxygen atoms in total. The number of carbonyl (C=O) groups excluding carboxylic acids is 2. The van der Waals surface area contributed by atoms with Gasteiger partial charge in [-0.1, -0.05) is 43.7 Å². The number of nitrogens with zero attached hydrogens (tertiary/aromatic N) is 1. The number of hydrogen-bond acceptors (Lipinski definition) is 5. The Morgan fingerprint density at radius 3 is 2.07 bits per heavy atom. The van der Waals surface area contributed by atoms with Crippen LogP contribution in [0, 0.1) is 0 Å². The molecule has 0 heterocycles. The molecule has 1 aliphatic carbocycles. The predicted octanol–water partition coefficient (Wildman–Crippen LogP) is 4.81. The van der Waals surface area contributed by atoms with Crippen LogP contribution in [0.15, 0.2) is 60.7 Å². The molecule has 0 aliphatic heterocycles. The van der Waals surface area contributed by atoms with E-state index in [2.05, 4.69) is 6.92 Å². The molecular weight excluding hydrogens is 366 g/mol. The summed E-state index contributed by atoms with van der Waals surface area (Å²) in [6, 6.07) is 17.3. The number of para-hydroxylation sites is 1. The third-order valence-electron chi connectivity index (χ3n) is 5.22. The van der Waals surface area contributed by atoms with E-state index >= 15 is 0 Å². The fraction of sp³-hybridized carbons (Fsp3) is 0.167. The van der Waals surface area contributed by atoms with Crippen molar-refractivity contribution in [2.75, 3.05) is 11.4 Å². The first-order chi connectivity index (χ1) is 14.0. The molecule has 0 radical (unpaired) electrons. The van der Waals surface area contributed by atoms with Crippen molar-refractivity contribution in [2.24, 2.45) is 0 Å². The second-order valence-electron chi connectivity index (χ2n) is 7.05. The lowest BCUT2D eigenvalue weighted by molar-refractivity contribution is 0.0974. The number of rotatable bonds is 5.